The van der Waals surface area contributed by atoms with Crippen LogP contribution in [0.15, 0.2) is 77.7 Å². The highest BCUT2D eigenvalue weighted by Gasteiger charge is 2.34. The van der Waals surface area contributed by atoms with E-state index in [0.717, 1.165) is 35.6 Å². The van der Waals surface area contributed by atoms with Gasteiger partial charge in [0.25, 0.3) is 10.0 Å². The van der Waals surface area contributed by atoms with Crippen LogP contribution in [-0.4, -0.2) is 57.5 Å². The third kappa shape index (κ3) is 8.24. The quantitative estimate of drug-likeness (QED) is 0.238. The molecule has 1 aliphatic carbocycles. The number of ether oxygens (including phenoxy) is 2. The van der Waals surface area contributed by atoms with Gasteiger partial charge >= 0.3 is 0 Å². The number of benzene rings is 3. The average molecular weight is 642 g/mol. The molecule has 11 heteroatoms. The molecule has 0 bridgehead atoms. The van der Waals surface area contributed by atoms with Gasteiger partial charge in [0.1, 0.15) is 24.1 Å². The second-order valence-corrected chi connectivity index (χ2v) is 13.0. The standard InChI is InChI=1S/C33H40ClN3O6S/c1-4-31(33(39)35-26-8-6-7-9-26)36(22-24-10-16-28(42-3)17-11-24)32(38)23-37(27-14-18-29(19-15-27)43-5-2)44(40,41)30-20-12-25(34)13-21-30/h10-21,26,31H,4-9,22-23H2,1-3H3,(H,35,39). The number of anilines is 1. The van der Waals surface area contributed by atoms with Gasteiger partial charge in [0.05, 0.1) is 24.3 Å². The van der Waals surface area contributed by atoms with Gasteiger partial charge in [-0.1, -0.05) is 43.5 Å². The van der Waals surface area contributed by atoms with Crippen molar-refractivity contribution >= 4 is 39.1 Å². The van der Waals surface area contributed by atoms with Crippen molar-refractivity contribution in [3.63, 3.8) is 0 Å². The Hall–Kier alpha value is -3.76. The lowest BCUT2D eigenvalue weighted by Crippen LogP contribution is -2.53. The smallest absolute Gasteiger partial charge is 0.264 e. The fourth-order valence-corrected chi connectivity index (χ4v) is 6.89. The zero-order chi connectivity index (χ0) is 31.7. The summed E-state index contributed by atoms with van der Waals surface area (Å²) in [6, 6.07) is 18.8. The summed E-state index contributed by atoms with van der Waals surface area (Å²) in [5.74, 6) is 0.477. The minimum Gasteiger partial charge on any atom is -0.497 e. The van der Waals surface area contributed by atoms with Crippen molar-refractivity contribution in [2.75, 3.05) is 24.6 Å². The minimum absolute atomic E-state index is 0.0173. The first kappa shape index (κ1) is 33.1. The van der Waals surface area contributed by atoms with E-state index >= 15 is 0 Å². The van der Waals surface area contributed by atoms with Crippen molar-refractivity contribution < 1.29 is 27.5 Å². The van der Waals surface area contributed by atoms with E-state index in [2.05, 4.69) is 5.32 Å². The van der Waals surface area contributed by atoms with Crippen LogP contribution < -0.4 is 19.1 Å². The summed E-state index contributed by atoms with van der Waals surface area (Å²) in [4.78, 5) is 29.3. The first-order chi connectivity index (χ1) is 21.2. The third-order valence-electron chi connectivity index (χ3n) is 7.72. The van der Waals surface area contributed by atoms with Gasteiger partial charge in [-0.3, -0.25) is 13.9 Å². The summed E-state index contributed by atoms with van der Waals surface area (Å²) in [6.45, 7) is 3.74. The monoisotopic (exact) mass is 641 g/mol. The summed E-state index contributed by atoms with van der Waals surface area (Å²) in [5, 5.41) is 3.51. The van der Waals surface area contributed by atoms with Crippen LogP contribution in [0.2, 0.25) is 5.02 Å². The van der Waals surface area contributed by atoms with Gasteiger partial charge in [0.15, 0.2) is 0 Å². The van der Waals surface area contributed by atoms with Crippen molar-refractivity contribution in [2.24, 2.45) is 0 Å². The molecule has 0 spiro atoms. The summed E-state index contributed by atoms with van der Waals surface area (Å²) in [7, 11) is -2.64. The lowest BCUT2D eigenvalue weighted by molar-refractivity contribution is -0.140. The molecule has 3 aromatic carbocycles. The molecule has 1 aliphatic rings. The maximum atomic E-state index is 14.3. The summed E-state index contributed by atoms with van der Waals surface area (Å²) >= 11 is 6.04. The number of amides is 2. The van der Waals surface area contributed by atoms with Crippen molar-refractivity contribution in [3.8, 4) is 11.5 Å². The van der Waals surface area contributed by atoms with Gasteiger partial charge in [-0.15, -0.1) is 0 Å². The van der Waals surface area contributed by atoms with E-state index in [4.69, 9.17) is 21.1 Å². The predicted octanol–water partition coefficient (Wildman–Crippen LogP) is 5.81. The zero-order valence-corrected chi connectivity index (χ0v) is 26.9. The number of methoxy groups -OCH3 is 1. The Morgan fingerprint density at radius 2 is 1.55 bits per heavy atom. The molecule has 0 saturated heterocycles. The molecule has 3 aromatic rings. The number of hydrogen-bond donors (Lipinski definition) is 1. The maximum absolute atomic E-state index is 14.3. The Labute approximate surface area is 265 Å². The van der Waals surface area contributed by atoms with Crippen LogP contribution in [0.3, 0.4) is 0 Å². The Morgan fingerprint density at radius 3 is 2.11 bits per heavy atom. The Kier molecular flexibility index (Phi) is 11.5. The van der Waals surface area contributed by atoms with Crippen LogP contribution in [0.25, 0.3) is 0 Å². The predicted molar refractivity (Wildman–Crippen MR) is 172 cm³/mol. The highest BCUT2D eigenvalue weighted by atomic mass is 35.5. The molecular weight excluding hydrogens is 602 g/mol. The molecule has 1 atom stereocenters. The highest BCUT2D eigenvalue weighted by molar-refractivity contribution is 7.92. The summed E-state index contributed by atoms with van der Waals surface area (Å²) in [6.07, 6.45) is 4.26. The molecule has 1 N–H and O–H groups in total. The molecule has 1 saturated carbocycles. The number of sulfonamides is 1. The maximum Gasteiger partial charge on any atom is 0.264 e. The minimum atomic E-state index is -4.21. The van der Waals surface area contributed by atoms with E-state index < -0.39 is 28.5 Å². The number of rotatable bonds is 14. The number of hydrogen-bond acceptors (Lipinski definition) is 6. The molecular formula is C33H40ClN3O6S. The largest absolute Gasteiger partial charge is 0.497 e. The summed E-state index contributed by atoms with van der Waals surface area (Å²) in [5.41, 5.74) is 1.06. The fraction of sp³-hybridized carbons (Fsp3) is 0.394. The molecule has 0 heterocycles. The van der Waals surface area contributed by atoms with Crippen LogP contribution in [0.4, 0.5) is 5.69 Å². The molecule has 0 radical (unpaired) electrons. The lowest BCUT2D eigenvalue weighted by Gasteiger charge is -2.33. The van der Waals surface area contributed by atoms with Crippen LogP contribution >= 0.6 is 11.6 Å². The zero-order valence-electron chi connectivity index (χ0n) is 25.4. The van der Waals surface area contributed by atoms with E-state index in [1.807, 2.05) is 26.0 Å². The van der Waals surface area contributed by atoms with Crippen molar-refractivity contribution in [1.82, 2.24) is 10.2 Å². The van der Waals surface area contributed by atoms with Gasteiger partial charge in [-0.05, 0) is 92.4 Å². The van der Waals surface area contributed by atoms with Crippen molar-refractivity contribution in [3.05, 3.63) is 83.4 Å². The molecule has 236 valence electrons. The van der Waals surface area contributed by atoms with Gasteiger partial charge in [0, 0.05) is 17.6 Å². The van der Waals surface area contributed by atoms with E-state index in [1.165, 1.54) is 29.2 Å². The van der Waals surface area contributed by atoms with Crippen molar-refractivity contribution in [2.45, 2.75) is 69.5 Å². The number of carbonyl (C=O) groups is 2. The fourth-order valence-electron chi connectivity index (χ4n) is 5.35. The summed E-state index contributed by atoms with van der Waals surface area (Å²) < 4.78 is 40.0. The Bertz CT molecular complexity index is 1490. The third-order valence-corrected chi connectivity index (χ3v) is 9.76. The van der Waals surface area contributed by atoms with Gasteiger partial charge in [-0.2, -0.15) is 0 Å². The van der Waals surface area contributed by atoms with Crippen LogP contribution in [0.5, 0.6) is 11.5 Å². The molecule has 4 rings (SSSR count). The molecule has 44 heavy (non-hydrogen) atoms. The van der Waals surface area contributed by atoms with E-state index in [0.29, 0.717) is 29.5 Å². The second-order valence-electron chi connectivity index (χ2n) is 10.7. The number of carbonyl (C=O) groups excluding carboxylic acids is 2. The van der Waals surface area contributed by atoms with Gasteiger partial charge in [0.2, 0.25) is 11.8 Å². The number of nitrogens with zero attached hydrogens (tertiary/aromatic N) is 2. The number of nitrogens with one attached hydrogen (secondary N) is 1. The Balaban J connectivity index is 1.71. The average Bonchev–Trinajstić information content (AvgIpc) is 3.54. The van der Waals surface area contributed by atoms with Crippen LogP contribution in [0, 0.1) is 0 Å². The molecule has 1 fully saturated rings. The first-order valence-electron chi connectivity index (χ1n) is 14.9. The van der Waals surface area contributed by atoms with Gasteiger partial charge < -0.3 is 19.7 Å². The molecule has 0 aliphatic heterocycles. The highest BCUT2D eigenvalue weighted by Crippen LogP contribution is 2.28. The van der Waals surface area contributed by atoms with Gasteiger partial charge in [-0.25, -0.2) is 8.42 Å². The topological polar surface area (TPSA) is 105 Å². The molecule has 1 unspecified atom stereocenters. The van der Waals surface area contributed by atoms with E-state index in [1.54, 1.807) is 43.5 Å². The molecule has 2 amide bonds. The normalized spacial score (nSPS) is 14.1. The van der Waals surface area contributed by atoms with E-state index in [-0.39, 0.29) is 29.1 Å². The van der Waals surface area contributed by atoms with E-state index in [9.17, 15) is 18.0 Å². The van der Waals surface area contributed by atoms with Crippen molar-refractivity contribution in [1.29, 1.82) is 0 Å². The molecule has 0 aromatic heterocycles. The Morgan fingerprint density at radius 1 is 0.932 bits per heavy atom. The van der Waals surface area contributed by atoms with Crippen LogP contribution in [-0.2, 0) is 26.2 Å². The number of halogens is 1. The first-order valence-corrected chi connectivity index (χ1v) is 16.7. The second kappa shape index (κ2) is 15.3. The SMILES string of the molecule is CCOc1ccc(N(CC(=O)N(Cc2ccc(OC)cc2)C(CC)C(=O)NC2CCCC2)S(=O)(=O)c2ccc(Cl)cc2)cc1. The van der Waals surface area contributed by atoms with Crippen LogP contribution in [0.1, 0.15) is 51.5 Å². The lowest BCUT2D eigenvalue weighted by atomic mass is 10.1. The molecule has 9 nitrogen and oxygen atoms in total.